The van der Waals surface area contributed by atoms with Crippen molar-refractivity contribution in [2.45, 2.75) is 0 Å². The van der Waals surface area contributed by atoms with Crippen LogP contribution in [-0.2, 0) is 10.2 Å². The Morgan fingerprint density at radius 1 is 1.24 bits per heavy atom. The van der Waals surface area contributed by atoms with Gasteiger partial charge in [0.1, 0.15) is 5.75 Å². The minimum Gasteiger partial charge on any atom is -0.495 e. The van der Waals surface area contributed by atoms with Gasteiger partial charge in [0.05, 0.1) is 18.5 Å². The van der Waals surface area contributed by atoms with Crippen molar-refractivity contribution < 1.29 is 13.2 Å². The van der Waals surface area contributed by atoms with Crippen LogP contribution in [0.15, 0.2) is 18.2 Å². The first kappa shape index (κ1) is 13.6. The zero-order chi connectivity index (χ0) is 13.2. The highest BCUT2D eigenvalue weighted by atomic mass is 32.2. The molecule has 1 aromatic rings. The molecule has 0 aromatic heterocycles. The minimum absolute atomic E-state index is 0.394. The van der Waals surface area contributed by atoms with Crippen molar-refractivity contribution in [2.24, 2.45) is 0 Å². The zero-order valence-corrected chi connectivity index (χ0v) is 11.2. The number of nitrogen functional groups attached to an aromatic ring is 1. The van der Waals surface area contributed by atoms with Crippen molar-refractivity contribution in [2.75, 3.05) is 38.3 Å². The van der Waals surface area contributed by atoms with Crippen molar-refractivity contribution in [1.82, 2.24) is 4.31 Å². The lowest BCUT2D eigenvalue weighted by molar-refractivity contribution is 0.417. The molecule has 0 unspecified atom stereocenters. The van der Waals surface area contributed by atoms with Gasteiger partial charge in [0.25, 0.3) is 0 Å². The number of methoxy groups -OCH3 is 1. The van der Waals surface area contributed by atoms with E-state index in [1.165, 1.54) is 28.3 Å². The van der Waals surface area contributed by atoms with Crippen LogP contribution in [0, 0.1) is 0 Å². The molecule has 6 nitrogen and oxygen atoms in total. The lowest BCUT2D eigenvalue weighted by Gasteiger charge is -2.23. The molecule has 7 heteroatoms. The van der Waals surface area contributed by atoms with Crippen molar-refractivity contribution in [3.8, 4) is 5.75 Å². The Morgan fingerprint density at radius 3 is 2.24 bits per heavy atom. The number of hydrogen-bond donors (Lipinski definition) is 1. The maximum absolute atomic E-state index is 11.9. The molecule has 0 atom stereocenters. The van der Waals surface area contributed by atoms with Crippen LogP contribution < -0.4 is 14.8 Å². The number of benzene rings is 1. The minimum atomic E-state index is -3.50. The fraction of sp³-hybridized carbons (Fsp3) is 0.400. The van der Waals surface area contributed by atoms with Gasteiger partial charge in [-0.1, -0.05) is 0 Å². The van der Waals surface area contributed by atoms with E-state index in [4.69, 9.17) is 10.5 Å². The van der Waals surface area contributed by atoms with Gasteiger partial charge in [0, 0.05) is 21.1 Å². The fourth-order valence-corrected chi connectivity index (χ4v) is 2.17. The normalized spacial score (nSPS) is 11.6. The first-order chi connectivity index (χ1) is 7.80. The smallest absolute Gasteiger partial charge is 0.303 e. The zero-order valence-electron chi connectivity index (χ0n) is 10.3. The van der Waals surface area contributed by atoms with Gasteiger partial charge in [-0.2, -0.15) is 12.7 Å². The average molecular weight is 259 g/mol. The van der Waals surface area contributed by atoms with Crippen molar-refractivity contribution >= 4 is 21.6 Å². The number of anilines is 2. The molecule has 0 bridgehead atoms. The number of ether oxygens (including phenoxy) is 1. The van der Waals surface area contributed by atoms with Crippen molar-refractivity contribution in [1.29, 1.82) is 0 Å². The quantitative estimate of drug-likeness (QED) is 0.800. The molecule has 2 N–H and O–H groups in total. The van der Waals surface area contributed by atoms with E-state index in [0.717, 1.165) is 8.61 Å². The number of rotatable bonds is 4. The maximum atomic E-state index is 11.9. The van der Waals surface area contributed by atoms with Crippen LogP contribution in [0.25, 0.3) is 0 Å². The molecule has 0 saturated heterocycles. The number of hydrogen-bond acceptors (Lipinski definition) is 4. The second-order valence-corrected chi connectivity index (χ2v) is 5.86. The molecule has 1 rings (SSSR count). The molecular weight excluding hydrogens is 242 g/mol. The largest absolute Gasteiger partial charge is 0.495 e. The van der Waals surface area contributed by atoms with Crippen LogP contribution in [0.1, 0.15) is 0 Å². The molecule has 0 aliphatic heterocycles. The van der Waals surface area contributed by atoms with Crippen LogP contribution in [0.4, 0.5) is 11.4 Å². The van der Waals surface area contributed by atoms with E-state index >= 15 is 0 Å². The van der Waals surface area contributed by atoms with Crippen LogP contribution in [0.2, 0.25) is 0 Å². The first-order valence-corrected chi connectivity index (χ1v) is 6.30. The Kier molecular flexibility index (Phi) is 3.84. The standard InChI is InChI=1S/C10H17N3O3S/c1-12(2)17(14,15)13(3)8-5-6-10(16-4)9(11)7-8/h5-7H,11H2,1-4H3. The van der Waals surface area contributed by atoms with E-state index in [1.54, 1.807) is 18.2 Å². The Hall–Kier alpha value is -1.47. The molecule has 0 aliphatic carbocycles. The van der Waals surface area contributed by atoms with Gasteiger partial charge in [-0.25, -0.2) is 0 Å². The average Bonchev–Trinajstić information content (AvgIpc) is 2.27. The monoisotopic (exact) mass is 259 g/mol. The van der Waals surface area contributed by atoms with E-state index in [9.17, 15) is 8.42 Å². The molecule has 0 spiro atoms. The second kappa shape index (κ2) is 4.80. The molecule has 0 radical (unpaired) electrons. The van der Waals surface area contributed by atoms with Gasteiger partial charge < -0.3 is 10.5 Å². The van der Waals surface area contributed by atoms with E-state index < -0.39 is 10.2 Å². The molecule has 96 valence electrons. The summed E-state index contributed by atoms with van der Waals surface area (Å²) in [6.07, 6.45) is 0. The Labute approximate surface area is 102 Å². The third-order valence-electron chi connectivity index (χ3n) is 2.38. The predicted molar refractivity (Wildman–Crippen MR) is 68.4 cm³/mol. The highest BCUT2D eigenvalue weighted by Crippen LogP contribution is 2.27. The highest BCUT2D eigenvalue weighted by Gasteiger charge is 2.21. The first-order valence-electron chi connectivity index (χ1n) is 4.90. The van der Waals surface area contributed by atoms with Gasteiger partial charge in [-0.3, -0.25) is 4.31 Å². The van der Waals surface area contributed by atoms with Crippen molar-refractivity contribution in [3.05, 3.63) is 18.2 Å². The van der Waals surface area contributed by atoms with Crippen molar-refractivity contribution in [3.63, 3.8) is 0 Å². The van der Waals surface area contributed by atoms with E-state index in [2.05, 4.69) is 0 Å². The Bertz CT molecular complexity index is 500. The summed E-state index contributed by atoms with van der Waals surface area (Å²) >= 11 is 0. The third-order valence-corrected chi connectivity index (χ3v) is 4.21. The number of nitrogens with two attached hydrogens (primary N) is 1. The maximum Gasteiger partial charge on any atom is 0.303 e. The van der Waals surface area contributed by atoms with Crippen LogP contribution in [-0.4, -0.2) is 41.0 Å². The molecule has 1 aromatic carbocycles. The van der Waals surface area contributed by atoms with Gasteiger partial charge in [-0.15, -0.1) is 0 Å². The summed E-state index contributed by atoms with van der Waals surface area (Å²) in [5, 5.41) is 0. The molecule has 0 heterocycles. The Balaban J connectivity index is 3.14. The summed E-state index contributed by atoms with van der Waals surface area (Å²) in [5.41, 5.74) is 6.61. The predicted octanol–water partition coefficient (Wildman–Crippen LogP) is 0.520. The summed E-state index contributed by atoms with van der Waals surface area (Å²) in [7, 11) is 2.42. The summed E-state index contributed by atoms with van der Waals surface area (Å²) in [5.74, 6) is 0.518. The van der Waals surface area contributed by atoms with Crippen LogP contribution >= 0.6 is 0 Å². The van der Waals surface area contributed by atoms with Gasteiger partial charge in [0.2, 0.25) is 0 Å². The van der Waals surface area contributed by atoms with Crippen LogP contribution in [0.3, 0.4) is 0 Å². The Morgan fingerprint density at radius 2 is 1.82 bits per heavy atom. The second-order valence-electron chi connectivity index (χ2n) is 3.68. The van der Waals surface area contributed by atoms with Gasteiger partial charge in [-0.05, 0) is 18.2 Å². The third kappa shape index (κ3) is 2.62. The van der Waals surface area contributed by atoms with E-state index in [0.29, 0.717) is 17.1 Å². The molecule has 17 heavy (non-hydrogen) atoms. The fourth-order valence-electron chi connectivity index (χ4n) is 1.30. The van der Waals surface area contributed by atoms with E-state index in [-0.39, 0.29) is 0 Å². The van der Waals surface area contributed by atoms with Gasteiger partial charge in [0.15, 0.2) is 0 Å². The molecular formula is C10H17N3O3S. The lowest BCUT2D eigenvalue weighted by atomic mass is 10.2. The topological polar surface area (TPSA) is 75.9 Å². The van der Waals surface area contributed by atoms with Crippen LogP contribution in [0.5, 0.6) is 5.75 Å². The van der Waals surface area contributed by atoms with E-state index in [1.807, 2.05) is 0 Å². The molecule has 0 saturated carbocycles. The lowest BCUT2D eigenvalue weighted by Crippen LogP contribution is -2.37. The molecule has 0 amide bonds. The highest BCUT2D eigenvalue weighted by molar-refractivity contribution is 7.90. The molecule has 0 fully saturated rings. The SMILES string of the molecule is COc1ccc(N(C)S(=O)(=O)N(C)C)cc1N. The summed E-state index contributed by atoms with van der Waals surface area (Å²) in [6.45, 7) is 0. The summed E-state index contributed by atoms with van der Waals surface area (Å²) < 4.78 is 31.0. The summed E-state index contributed by atoms with van der Waals surface area (Å²) in [4.78, 5) is 0. The summed E-state index contributed by atoms with van der Waals surface area (Å²) in [6, 6.07) is 4.82. The molecule has 0 aliphatic rings. The van der Waals surface area contributed by atoms with Gasteiger partial charge >= 0.3 is 10.2 Å². The number of nitrogens with zero attached hydrogens (tertiary/aromatic N) is 2.